The van der Waals surface area contributed by atoms with Crippen LogP contribution in [0.1, 0.15) is 18.5 Å². The van der Waals surface area contributed by atoms with Gasteiger partial charge in [-0.15, -0.1) is 0 Å². The number of anilines is 1. The zero-order valence-corrected chi connectivity index (χ0v) is 13.7. The molecule has 1 unspecified atom stereocenters. The summed E-state index contributed by atoms with van der Waals surface area (Å²) in [4.78, 5) is 0. The van der Waals surface area contributed by atoms with Crippen LogP contribution in [0.5, 0.6) is 0 Å². The maximum atomic E-state index is 6.20. The molecule has 0 spiro atoms. The minimum Gasteiger partial charge on any atom is -0.378 e. The Morgan fingerprint density at radius 3 is 2.56 bits per heavy atom. The van der Waals surface area contributed by atoms with E-state index >= 15 is 0 Å². The first-order valence-electron chi connectivity index (χ1n) is 5.54. The lowest BCUT2D eigenvalue weighted by Crippen LogP contribution is -2.07. The van der Waals surface area contributed by atoms with Crippen molar-refractivity contribution in [3.05, 3.63) is 62.0 Å². The molecule has 0 aliphatic heterocycles. The summed E-state index contributed by atoms with van der Waals surface area (Å²) >= 11 is 13.2. The van der Waals surface area contributed by atoms with Crippen LogP contribution in [0.2, 0.25) is 5.02 Å². The number of hydrogen-bond donors (Lipinski definition) is 1. The summed E-state index contributed by atoms with van der Waals surface area (Å²) in [5.74, 6) is 0. The Morgan fingerprint density at radius 2 is 1.83 bits per heavy atom. The molecule has 4 heteroatoms. The molecule has 0 aromatic heterocycles. The lowest BCUT2D eigenvalue weighted by Gasteiger charge is -2.18. The topological polar surface area (TPSA) is 12.0 Å². The van der Waals surface area contributed by atoms with Gasteiger partial charge in [-0.1, -0.05) is 45.7 Å². The third kappa shape index (κ3) is 3.28. The third-order valence-corrected chi connectivity index (χ3v) is 4.20. The summed E-state index contributed by atoms with van der Waals surface area (Å²) < 4.78 is 2.07. The third-order valence-electron chi connectivity index (χ3n) is 2.67. The first kappa shape index (κ1) is 13.9. The maximum absolute atomic E-state index is 6.20. The predicted octanol–water partition coefficient (Wildman–Crippen LogP) is 6.04. The molecule has 0 radical (unpaired) electrons. The van der Waals surface area contributed by atoms with Crippen molar-refractivity contribution in [3.8, 4) is 0 Å². The first-order chi connectivity index (χ1) is 8.58. The maximum Gasteiger partial charge on any atom is 0.0500 e. The molecule has 0 fully saturated rings. The zero-order chi connectivity index (χ0) is 13.1. The average molecular weight is 390 g/mol. The summed E-state index contributed by atoms with van der Waals surface area (Å²) in [6.45, 7) is 2.09. The second-order valence-electron chi connectivity index (χ2n) is 4.01. The molecule has 0 aliphatic rings. The van der Waals surface area contributed by atoms with Crippen LogP contribution < -0.4 is 5.32 Å². The van der Waals surface area contributed by atoms with Gasteiger partial charge in [-0.25, -0.2) is 0 Å². The summed E-state index contributed by atoms with van der Waals surface area (Å²) in [5, 5.41) is 4.23. The van der Waals surface area contributed by atoms with E-state index in [1.807, 2.05) is 42.5 Å². The largest absolute Gasteiger partial charge is 0.378 e. The molecule has 0 amide bonds. The fraction of sp³-hybridized carbons (Fsp3) is 0.143. The Balaban J connectivity index is 2.24. The van der Waals surface area contributed by atoms with Gasteiger partial charge in [-0.3, -0.25) is 0 Å². The molecule has 1 nitrogen and oxygen atoms in total. The molecule has 94 valence electrons. The van der Waals surface area contributed by atoms with Gasteiger partial charge < -0.3 is 5.32 Å². The van der Waals surface area contributed by atoms with E-state index in [1.54, 1.807) is 0 Å². The SMILES string of the molecule is CC(Nc1cc(Br)ccc1Br)c1ccccc1Cl. The lowest BCUT2D eigenvalue weighted by atomic mass is 10.1. The van der Waals surface area contributed by atoms with Crippen molar-refractivity contribution in [1.29, 1.82) is 0 Å². The van der Waals surface area contributed by atoms with E-state index in [1.165, 1.54) is 0 Å². The average Bonchev–Trinajstić information content (AvgIpc) is 2.34. The Kier molecular flexibility index (Phi) is 4.71. The monoisotopic (exact) mass is 387 g/mol. The molecule has 1 N–H and O–H groups in total. The van der Waals surface area contributed by atoms with Gasteiger partial charge in [-0.2, -0.15) is 0 Å². The van der Waals surface area contributed by atoms with Gasteiger partial charge in [0.25, 0.3) is 0 Å². The smallest absolute Gasteiger partial charge is 0.0500 e. The molecular formula is C14H12Br2ClN. The van der Waals surface area contributed by atoms with Gasteiger partial charge in [0.15, 0.2) is 0 Å². The summed E-state index contributed by atoms with van der Waals surface area (Å²) in [7, 11) is 0. The molecule has 2 aromatic carbocycles. The molecule has 0 saturated carbocycles. The van der Waals surface area contributed by atoms with Crippen LogP contribution in [0.25, 0.3) is 0 Å². The zero-order valence-electron chi connectivity index (χ0n) is 9.75. The van der Waals surface area contributed by atoms with Gasteiger partial charge in [0, 0.05) is 14.0 Å². The highest BCUT2D eigenvalue weighted by Gasteiger charge is 2.10. The van der Waals surface area contributed by atoms with Crippen molar-refractivity contribution < 1.29 is 0 Å². The van der Waals surface area contributed by atoms with E-state index < -0.39 is 0 Å². The molecule has 18 heavy (non-hydrogen) atoms. The first-order valence-corrected chi connectivity index (χ1v) is 7.50. The second kappa shape index (κ2) is 6.09. The Morgan fingerprint density at radius 1 is 1.11 bits per heavy atom. The van der Waals surface area contributed by atoms with Gasteiger partial charge in [-0.05, 0) is 52.7 Å². The van der Waals surface area contributed by atoms with Crippen molar-refractivity contribution in [2.45, 2.75) is 13.0 Å². The van der Waals surface area contributed by atoms with Crippen LogP contribution in [0.4, 0.5) is 5.69 Å². The standard InChI is InChI=1S/C14H12Br2ClN/c1-9(11-4-2-3-5-13(11)17)18-14-8-10(15)6-7-12(14)16/h2-9,18H,1H3. The van der Waals surface area contributed by atoms with E-state index in [0.29, 0.717) is 0 Å². The number of benzene rings is 2. The summed E-state index contributed by atoms with van der Waals surface area (Å²) in [6.07, 6.45) is 0. The molecular weight excluding hydrogens is 377 g/mol. The van der Waals surface area contributed by atoms with Crippen molar-refractivity contribution in [3.63, 3.8) is 0 Å². The van der Waals surface area contributed by atoms with E-state index in [9.17, 15) is 0 Å². The predicted molar refractivity (Wildman–Crippen MR) is 85.3 cm³/mol. The minimum absolute atomic E-state index is 0.143. The summed E-state index contributed by atoms with van der Waals surface area (Å²) in [6, 6.07) is 14.1. The van der Waals surface area contributed by atoms with Gasteiger partial charge >= 0.3 is 0 Å². The van der Waals surface area contributed by atoms with Crippen molar-refractivity contribution in [2.24, 2.45) is 0 Å². The van der Waals surface area contributed by atoms with Crippen molar-refractivity contribution in [1.82, 2.24) is 0 Å². The van der Waals surface area contributed by atoms with Crippen LogP contribution in [0, 0.1) is 0 Å². The Labute approximate surface area is 129 Å². The number of nitrogens with one attached hydrogen (secondary N) is 1. The number of rotatable bonds is 3. The Bertz CT molecular complexity index is 557. The highest BCUT2D eigenvalue weighted by Crippen LogP contribution is 2.31. The van der Waals surface area contributed by atoms with E-state index in [2.05, 4.69) is 44.1 Å². The number of halogens is 3. The van der Waals surface area contributed by atoms with Crippen LogP contribution in [-0.2, 0) is 0 Å². The summed E-state index contributed by atoms with van der Waals surface area (Å²) in [5.41, 5.74) is 2.13. The van der Waals surface area contributed by atoms with Crippen LogP contribution in [0.15, 0.2) is 51.4 Å². The van der Waals surface area contributed by atoms with Crippen LogP contribution in [0.3, 0.4) is 0 Å². The highest BCUT2D eigenvalue weighted by molar-refractivity contribution is 9.11. The van der Waals surface area contributed by atoms with Gasteiger partial charge in [0.1, 0.15) is 0 Å². The molecule has 2 rings (SSSR count). The second-order valence-corrected chi connectivity index (χ2v) is 6.19. The van der Waals surface area contributed by atoms with Crippen molar-refractivity contribution in [2.75, 3.05) is 5.32 Å². The van der Waals surface area contributed by atoms with Crippen LogP contribution in [-0.4, -0.2) is 0 Å². The van der Waals surface area contributed by atoms with E-state index in [-0.39, 0.29) is 6.04 Å². The van der Waals surface area contributed by atoms with E-state index in [4.69, 9.17) is 11.6 Å². The fourth-order valence-corrected chi connectivity index (χ4v) is 2.77. The lowest BCUT2D eigenvalue weighted by molar-refractivity contribution is 0.884. The van der Waals surface area contributed by atoms with Crippen molar-refractivity contribution >= 4 is 49.1 Å². The minimum atomic E-state index is 0.143. The highest BCUT2D eigenvalue weighted by atomic mass is 79.9. The van der Waals surface area contributed by atoms with Gasteiger partial charge in [0.2, 0.25) is 0 Å². The normalized spacial score (nSPS) is 12.2. The molecule has 0 saturated heterocycles. The Hall–Kier alpha value is -0.510. The quantitative estimate of drug-likeness (QED) is 0.675. The molecule has 2 aromatic rings. The fourth-order valence-electron chi connectivity index (χ4n) is 1.75. The molecule has 0 aliphatic carbocycles. The number of hydrogen-bond acceptors (Lipinski definition) is 1. The van der Waals surface area contributed by atoms with E-state index in [0.717, 1.165) is 25.2 Å². The molecule has 0 bridgehead atoms. The molecule has 1 atom stereocenters. The molecule has 0 heterocycles. The van der Waals surface area contributed by atoms with Gasteiger partial charge in [0.05, 0.1) is 11.7 Å². The van der Waals surface area contributed by atoms with Crippen LogP contribution >= 0.6 is 43.5 Å².